The zero-order chi connectivity index (χ0) is 14.8. The van der Waals surface area contributed by atoms with Gasteiger partial charge in [0.2, 0.25) is 0 Å². The molecule has 0 bridgehead atoms. The van der Waals surface area contributed by atoms with Gasteiger partial charge in [-0.15, -0.1) is 0 Å². The second-order valence-corrected chi connectivity index (χ2v) is 4.21. The van der Waals surface area contributed by atoms with Crippen molar-refractivity contribution in [3.8, 4) is 28.5 Å². The second kappa shape index (κ2) is 5.00. The topological polar surface area (TPSA) is 118 Å². The van der Waals surface area contributed by atoms with Crippen LogP contribution in [0.1, 0.15) is 0 Å². The molecular formula is C13H9N5O3. The smallest absolute Gasteiger partial charge is 0.270 e. The van der Waals surface area contributed by atoms with E-state index in [4.69, 9.17) is 0 Å². The van der Waals surface area contributed by atoms with E-state index in [0.717, 1.165) is 0 Å². The molecule has 0 radical (unpaired) electrons. The number of nitrogens with zero attached hydrogens (tertiary/aromatic N) is 4. The molecule has 0 saturated carbocycles. The van der Waals surface area contributed by atoms with Crippen LogP contribution in [0.15, 0.2) is 42.7 Å². The van der Waals surface area contributed by atoms with E-state index < -0.39 is 4.92 Å². The first-order valence-electron chi connectivity index (χ1n) is 5.96. The molecule has 2 heterocycles. The van der Waals surface area contributed by atoms with E-state index >= 15 is 0 Å². The van der Waals surface area contributed by atoms with Gasteiger partial charge in [0, 0.05) is 30.1 Å². The van der Waals surface area contributed by atoms with E-state index in [1.807, 2.05) is 0 Å². The molecule has 8 nitrogen and oxygen atoms in total. The summed E-state index contributed by atoms with van der Waals surface area (Å²) in [7, 11) is 0. The summed E-state index contributed by atoms with van der Waals surface area (Å²) in [6.45, 7) is 0. The molecule has 21 heavy (non-hydrogen) atoms. The number of aromatic nitrogens is 4. The number of aromatic amines is 1. The normalized spacial score (nSPS) is 10.5. The van der Waals surface area contributed by atoms with E-state index in [1.54, 1.807) is 24.5 Å². The summed E-state index contributed by atoms with van der Waals surface area (Å²) in [4.78, 5) is 18.4. The Kier molecular flexibility index (Phi) is 3.03. The largest absolute Gasteiger partial charge is 0.507 e. The molecule has 0 amide bonds. The van der Waals surface area contributed by atoms with Crippen LogP contribution in [0.4, 0.5) is 5.69 Å². The summed E-state index contributed by atoms with van der Waals surface area (Å²) >= 11 is 0. The third-order valence-corrected chi connectivity index (χ3v) is 2.85. The van der Waals surface area contributed by atoms with E-state index in [9.17, 15) is 15.2 Å². The van der Waals surface area contributed by atoms with Crippen molar-refractivity contribution >= 4 is 5.69 Å². The number of hydrogen-bond donors (Lipinski definition) is 2. The number of nitro groups is 1. The minimum atomic E-state index is -0.540. The number of rotatable bonds is 3. The van der Waals surface area contributed by atoms with Gasteiger partial charge >= 0.3 is 0 Å². The maximum Gasteiger partial charge on any atom is 0.270 e. The van der Waals surface area contributed by atoms with Gasteiger partial charge in [0.15, 0.2) is 11.6 Å². The first-order chi connectivity index (χ1) is 10.1. The molecule has 0 aliphatic carbocycles. The number of non-ortho nitro benzene ring substituents is 1. The Balaban J connectivity index is 2.04. The van der Waals surface area contributed by atoms with E-state index in [2.05, 4.69) is 20.2 Å². The van der Waals surface area contributed by atoms with E-state index in [0.29, 0.717) is 11.4 Å². The lowest BCUT2D eigenvalue weighted by molar-refractivity contribution is -0.384. The lowest BCUT2D eigenvalue weighted by atomic mass is 10.1. The molecule has 0 saturated heterocycles. The van der Waals surface area contributed by atoms with Crippen LogP contribution in [-0.2, 0) is 0 Å². The van der Waals surface area contributed by atoms with Crippen molar-refractivity contribution in [2.75, 3.05) is 0 Å². The number of phenols is 1. The molecule has 2 N–H and O–H groups in total. The van der Waals surface area contributed by atoms with Crippen molar-refractivity contribution in [2.24, 2.45) is 0 Å². The molecule has 0 atom stereocenters. The van der Waals surface area contributed by atoms with Gasteiger partial charge in [-0.25, -0.2) is 4.98 Å². The highest BCUT2D eigenvalue weighted by atomic mass is 16.6. The average molecular weight is 283 g/mol. The minimum absolute atomic E-state index is 0.116. The fraction of sp³-hybridized carbons (Fsp3) is 0. The van der Waals surface area contributed by atoms with E-state index in [1.165, 1.54) is 18.2 Å². The molecule has 0 fully saturated rings. The summed E-state index contributed by atoms with van der Waals surface area (Å²) in [5, 5.41) is 27.3. The molecule has 104 valence electrons. The third-order valence-electron chi connectivity index (χ3n) is 2.85. The Morgan fingerprint density at radius 3 is 2.86 bits per heavy atom. The van der Waals surface area contributed by atoms with Crippen molar-refractivity contribution in [1.82, 2.24) is 20.2 Å². The Morgan fingerprint density at radius 2 is 2.14 bits per heavy atom. The molecule has 3 rings (SSSR count). The predicted octanol–water partition coefficient (Wildman–Crippen LogP) is 2.15. The predicted molar refractivity (Wildman–Crippen MR) is 73.4 cm³/mol. The molecule has 8 heteroatoms. The van der Waals surface area contributed by atoms with Crippen molar-refractivity contribution in [3.05, 3.63) is 52.8 Å². The van der Waals surface area contributed by atoms with Crippen molar-refractivity contribution in [2.45, 2.75) is 0 Å². The molecule has 0 spiro atoms. The van der Waals surface area contributed by atoms with Gasteiger partial charge in [0.25, 0.3) is 5.69 Å². The van der Waals surface area contributed by atoms with Crippen LogP contribution in [-0.4, -0.2) is 30.2 Å². The Morgan fingerprint density at radius 1 is 1.29 bits per heavy atom. The zero-order valence-corrected chi connectivity index (χ0v) is 10.6. The Bertz CT molecular complexity index is 801. The zero-order valence-electron chi connectivity index (χ0n) is 10.6. The van der Waals surface area contributed by atoms with Gasteiger partial charge in [-0.05, 0) is 18.2 Å². The van der Waals surface area contributed by atoms with Crippen molar-refractivity contribution in [1.29, 1.82) is 0 Å². The molecule has 1 aromatic carbocycles. The van der Waals surface area contributed by atoms with Crippen LogP contribution in [0.2, 0.25) is 0 Å². The Labute approximate surface area is 118 Å². The SMILES string of the molecule is O=[N+]([O-])c1ccc(O)c(-c2nc(-c3cccnc3)n[nH]2)c1. The lowest BCUT2D eigenvalue weighted by Crippen LogP contribution is -1.89. The summed E-state index contributed by atoms with van der Waals surface area (Å²) in [6.07, 6.45) is 3.23. The highest BCUT2D eigenvalue weighted by Crippen LogP contribution is 2.31. The van der Waals surface area contributed by atoms with Gasteiger partial charge in [0.05, 0.1) is 10.5 Å². The van der Waals surface area contributed by atoms with Crippen molar-refractivity contribution in [3.63, 3.8) is 0 Å². The number of nitrogens with one attached hydrogen (secondary N) is 1. The number of pyridine rings is 1. The van der Waals surface area contributed by atoms with E-state index in [-0.39, 0.29) is 22.8 Å². The van der Waals surface area contributed by atoms with Crippen LogP contribution in [0.3, 0.4) is 0 Å². The molecule has 0 aliphatic rings. The van der Waals surface area contributed by atoms with Crippen LogP contribution in [0, 0.1) is 10.1 Å². The fourth-order valence-corrected chi connectivity index (χ4v) is 1.83. The molecular weight excluding hydrogens is 274 g/mol. The maximum atomic E-state index is 10.8. The summed E-state index contributed by atoms with van der Waals surface area (Å²) in [6, 6.07) is 7.24. The van der Waals surface area contributed by atoms with Gasteiger partial charge in [-0.3, -0.25) is 20.2 Å². The number of phenolic OH excluding ortho intramolecular Hbond substituents is 1. The van der Waals surface area contributed by atoms with Crippen LogP contribution >= 0.6 is 0 Å². The number of nitro benzene ring substituents is 1. The third kappa shape index (κ3) is 2.41. The average Bonchev–Trinajstić information content (AvgIpc) is 2.98. The van der Waals surface area contributed by atoms with Gasteiger partial charge in [0.1, 0.15) is 5.75 Å². The number of hydrogen-bond acceptors (Lipinski definition) is 6. The summed E-state index contributed by atoms with van der Waals surface area (Å²) in [5.74, 6) is 0.522. The monoisotopic (exact) mass is 283 g/mol. The first kappa shape index (κ1) is 12.7. The van der Waals surface area contributed by atoms with Crippen molar-refractivity contribution < 1.29 is 10.0 Å². The van der Waals surface area contributed by atoms with Gasteiger partial charge in [-0.1, -0.05) is 0 Å². The van der Waals surface area contributed by atoms with Crippen LogP contribution < -0.4 is 0 Å². The summed E-state index contributed by atoms with van der Waals surface area (Å²) in [5.41, 5.74) is 0.777. The molecule has 2 aromatic heterocycles. The first-order valence-corrected chi connectivity index (χ1v) is 5.96. The lowest BCUT2D eigenvalue weighted by Gasteiger charge is -2.00. The molecule has 0 aliphatic heterocycles. The standard InChI is InChI=1S/C13H9N5O3/c19-11-4-3-9(18(20)21)6-10(11)13-15-12(16-17-13)8-2-1-5-14-7-8/h1-7,19H,(H,15,16,17). The molecule has 0 unspecified atom stereocenters. The van der Waals surface area contributed by atoms with Gasteiger partial charge in [-0.2, -0.15) is 5.10 Å². The summed E-state index contributed by atoms with van der Waals surface area (Å²) < 4.78 is 0. The number of aromatic hydroxyl groups is 1. The Hall–Kier alpha value is -3.29. The minimum Gasteiger partial charge on any atom is -0.507 e. The second-order valence-electron chi connectivity index (χ2n) is 4.21. The highest BCUT2D eigenvalue weighted by Gasteiger charge is 2.15. The molecule has 3 aromatic rings. The number of H-pyrrole nitrogens is 1. The fourth-order valence-electron chi connectivity index (χ4n) is 1.83. The highest BCUT2D eigenvalue weighted by molar-refractivity contribution is 5.68. The maximum absolute atomic E-state index is 10.8. The number of benzene rings is 1. The van der Waals surface area contributed by atoms with Crippen LogP contribution in [0.25, 0.3) is 22.8 Å². The van der Waals surface area contributed by atoms with Gasteiger partial charge < -0.3 is 5.11 Å². The quantitative estimate of drug-likeness (QED) is 0.561. The van der Waals surface area contributed by atoms with Crippen LogP contribution in [0.5, 0.6) is 5.75 Å².